The summed E-state index contributed by atoms with van der Waals surface area (Å²) in [6.45, 7) is 0. The summed E-state index contributed by atoms with van der Waals surface area (Å²) >= 11 is 8.60. The zero-order valence-electron chi connectivity index (χ0n) is 7.09. The Hall–Kier alpha value is -0.190. The second kappa shape index (κ2) is 4.13. The van der Waals surface area contributed by atoms with Crippen LogP contribution in [0.3, 0.4) is 0 Å². The smallest absolute Gasteiger partial charge is 0.150 e. The van der Waals surface area contributed by atoms with E-state index in [2.05, 4.69) is 31.9 Å². The molecule has 0 saturated carbocycles. The highest BCUT2D eigenvalue weighted by atomic mass is 79.9. The Morgan fingerprint density at radius 3 is 2.93 bits per heavy atom. The summed E-state index contributed by atoms with van der Waals surface area (Å²) < 4.78 is 2.23. The molecule has 0 aliphatic carbocycles. The standard InChI is InChI=1S/C10H6Br2OS/c11-4-8-7(5-13)3-6-1-2-14-10(6)9(8)12/h1-3,5H,4H2. The van der Waals surface area contributed by atoms with E-state index in [4.69, 9.17) is 0 Å². The maximum Gasteiger partial charge on any atom is 0.150 e. The van der Waals surface area contributed by atoms with Gasteiger partial charge in [-0.3, -0.25) is 4.79 Å². The van der Waals surface area contributed by atoms with E-state index >= 15 is 0 Å². The maximum absolute atomic E-state index is 10.9. The molecule has 0 fully saturated rings. The number of fused-ring (bicyclic) bond motifs is 1. The Morgan fingerprint density at radius 2 is 2.29 bits per heavy atom. The molecule has 2 aromatic rings. The summed E-state index contributed by atoms with van der Waals surface area (Å²) in [6, 6.07) is 3.95. The molecule has 0 saturated heterocycles. The van der Waals surface area contributed by atoms with E-state index in [0.29, 0.717) is 5.33 Å². The van der Waals surface area contributed by atoms with Crippen molar-refractivity contribution in [3.05, 3.63) is 33.1 Å². The molecule has 14 heavy (non-hydrogen) atoms. The fraction of sp³-hybridized carbons (Fsp3) is 0.100. The van der Waals surface area contributed by atoms with Crippen LogP contribution in [0, 0.1) is 0 Å². The molecular weight excluding hydrogens is 328 g/mol. The molecule has 72 valence electrons. The van der Waals surface area contributed by atoms with Gasteiger partial charge in [0, 0.05) is 20.1 Å². The van der Waals surface area contributed by atoms with Gasteiger partial charge >= 0.3 is 0 Å². The van der Waals surface area contributed by atoms with Gasteiger partial charge in [0.05, 0.1) is 0 Å². The van der Waals surface area contributed by atoms with Crippen LogP contribution in [0.1, 0.15) is 15.9 Å². The average Bonchev–Trinajstić information content (AvgIpc) is 2.65. The van der Waals surface area contributed by atoms with Crippen LogP contribution in [0.4, 0.5) is 0 Å². The Labute approximate surface area is 102 Å². The van der Waals surface area contributed by atoms with E-state index in [1.807, 2.05) is 17.5 Å². The highest BCUT2D eigenvalue weighted by molar-refractivity contribution is 9.11. The third kappa shape index (κ3) is 1.55. The molecule has 1 nitrogen and oxygen atoms in total. The summed E-state index contributed by atoms with van der Waals surface area (Å²) in [7, 11) is 0. The molecule has 1 heterocycles. The predicted molar refractivity (Wildman–Crippen MR) is 67.5 cm³/mol. The number of hydrogen-bond donors (Lipinski definition) is 0. The van der Waals surface area contributed by atoms with Gasteiger partial charge in [0.25, 0.3) is 0 Å². The van der Waals surface area contributed by atoms with Crippen molar-refractivity contribution in [2.24, 2.45) is 0 Å². The number of thiophene rings is 1. The fourth-order valence-corrected chi connectivity index (χ4v) is 4.07. The van der Waals surface area contributed by atoms with E-state index in [0.717, 1.165) is 27.3 Å². The number of carbonyl (C=O) groups excluding carboxylic acids is 1. The van der Waals surface area contributed by atoms with Gasteiger partial charge in [-0.2, -0.15) is 0 Å². The first kappa shape index (κ1) is 10.3. The third-order valence-corrected chi connectivity index (χ3v) is 4.73. The zero-order chi connectivity index (χ0) is 10.1. The van der Waals surface area contributed by atoms with Crippen molar-refractivity contribution >= 4 is 59.6 Å². The van der Waals surface area contributed by atoms with Crippen LogP contribution in [0.5, 0.6) is 0 Å². The van der Waals surface area contributed by atoms with Crippen molar-refractivity contribution < 1.29 is 4.79 Å². The lowest BCUT2D eigenvalue weighted by Crippen LogP contribution is -1.90. The van der Waals surface area contributed by atoms with E-state index < -0.39 is 0 Å². The van der Waals surface area contributed by atoms with Crippen LogP contribution >= 0.6 is 43.2 Å². The molecule has 0 radical (unpaired) electrons. The van der Waals surface area contributed by atoms with Crippen molar-refractivity contribution in [3.63, 3.8) is 0 Å². The lowest BCUT2D eigenvalue weighted by molar-refractivity contribution is 0.112. The van der Waals surface area contributed by atoms with Gasteiger partial charge in [-0.1, -0.05) is 15.9 Å². The zero-order valence-corrected chi connectivity index (χ0v) is 11.1. The highest BCUT2D eigenvalue weighted by Gasteiger charge is 2.10. The number of benzene rings is 1. The van der Waals surface area contributed by atoms with Crippen LogP contribution in [0.25, 0.3) is 10.1 Å². The maximum atomic E-state index is 10.9. The summed E-state index contributed by atoms with van der Waals surface area (Å²) in [6.07, 6.45) is 0.901. The quantitative estimate of drug-likeness (QED) is 0.589. The predicted octanol–water partition coefficient (Wildman–Crippen LogP) is 4.37. The molecule has 0 bridgehead atoms. The number of aldehydes is 1. The van der Waals surface area contributed by atoms with Gasteiger partial charge in [0.1, 0.15) is 6.29 Å². The van der Waals surface area contributed by atoms with Gasteiger partial charge in [-0.25, -0.2) is 0 Å². The highest BCUT2D eigenvalue weighted by Crippen LogP contribution is 2.34. The van der Waals surface area contributed by atoms with Gasteiger partial charge in [-0.05, 0) is 44.4 Å². The van der Waals surface area contributed by atoms with Crippen molar-refractivity contribution in [2.45, 2.75) is 5.33 Å². The SMILES string of the molecule is O=Cc1cc2ccsc2c(Br)c1CBr. The summed E-state index contributed by atoms with van der Waals surface area (Å²) in [4.78, 5) is 10.9. The molecule has 0 aliphatic heterocycles. The van der Waals surface area contributed by atoms with Crippen LogP contribution in [0.15, 0.2) is 22.0 Å². The molecule has 2 rings (SSSR count). The lowest BCUT2D eigenvalue weighted by Gasteiger charge is -2.05. The van der Waals surface area contributed by atoms with Crippen LogP contribution in [-0.4, -0.2) is 6.29 Å². The van der Waals surface area contributed by atoms with E-state index in [-0.39, 0.29) is 0 Å². The molecule has 4 heteroatoms. The largest absolute Gasteiger partial charge is 0.298 e. The Balaban J connectivity index is 2.85. The van der Waals surface area contributed by atoms with E-state index in [1.165, 1.54) is 4.70 Å². The Morgan fingerprint density at radius 1 is 1.50 bits per heavy atom. The first-order valence-electron chi connectivity index (χ1n) is 3.97. The average molecular weight is 334 g/mol. The molecular formula is C10H6Br2OS. The van der Waals surface area contributed by atoms with Gasteiger partial charge in [0.2, 0.25) is 0 Å². The topological polar surface area (TPSA) is 17.1 Å². The molecule has 0 N–H and O–H groups in total. The first-order chi connectivity index (χ1) is 6.77. The monoisotopic (exact) mass is 332 g/mol. The summed E-state index contributed by atoms with van der Waals surface area (Å²) in [5, 5.41) is 3.84. The summed E-state index contributed by atoms with van der Waals surface area (Å²) in [5.74, 6) is 0. The minimum atomic E-state index is 0.690. The van der Waals surface area contributed by atoms with E-state index in [1.54, 1.807) is 11.3 Å². The molecule has 0 unspecified atom stereocenters. The molecule has 0 amide bonds. The number of carbonyl (C=O) groups is 1. The number of alkyl halides is 1. The molecule has 0 spiro atoms. The van der Waals surface area contributed by atoms with E-state index in [9.17, 15) is 4.79 Å². The minimum absolute atomic E-state index is 0.690. The lowest BCUT2D eigenvalue weighted by atomic mass is 10.1. The van der Waals surface area contributed by atoms with Crippen molar-refractivity contribution in [3.8, 4) is 0 Å². The van der Waals surface area contributed by atoms with Gasteiger partial charge in [0.15, 0.2) is 0 Å². The Bertz CT molecular complexity index is 490. The van der Waals surface area contributed by atoms with Crippen LogP contribution in [-0.2, 0) is 5.33 Å². The Kier molecular flexibility index (Phi) is 3.04. The van der Waals surface area contributed by atoms with Crippen molar-refractivity contribution in [1.29, 1.82) is 0 Å². The van der Waals surface area contributed by atoms with Crippen molar-refractivity contribution in [1.82, 2.24) is 0 Å². The molecule has 1 aromatic carbocycles. The number of hydrogen-bond acceptors (Lipinski definition) is 2. The summed E-state index contributed by atoms with van der Waals surface area (Å²) in [5.41, 5.74) is 1.77. The molecule has 0 atom stereocenters. The van der Waals surface area contributed by atoms with Gasteiger partial charge < -0.3 is 0 Å². The molecule has 0 aliphatic rings. The number of rotatable bonds is 2. The fourth-order valence-electron chi connectivity index (χ4n) is 1.37. The normalized spacial score (nSPS) is 10.7. The second-order valence-corrected chi connectivity index (χ2v) is 5.12. The third-order valence-electron chi connectivity index (χ3n) is 2.08. The van der Waals surface area contributed by atoms with Crippen molar-refractivity contribution in [2.75, 3.05) is 0 Å². The van der Waals surface area contributed by atoms with Gasteiger partial charge in [-0.15, -0.1) is 11.3 Å². The van der Waals surface area contributed by atoms with Crippen LogP contribution in [0.2, 0.25) is 0 Å². The number of halogens is 2. The minimum Gasteiger partial charge on any atom is -0.298 e. The van der Waals surface area contributed by atoms with Crippen LogP contribution < -0.4 is 0 Å². The second-order valence-electron chi connectivity index (χ2n) is 2.85. The molecule has 1 aromatic heterocycles. The first-order valence-corrected chi connectivity index (χ1v) is 6.77.